The molecule has 4 rings (SSSR count). The molecule has 0 spiro atoms. The topological polar surface area (TPSA) is 91.2 Å². The summed E-state index contributed by atoms with van der Waals surface area (Å²) >= 11 is 0. The Hall–Kier alpha value is -3.42. The second-order valence-corrected chi connectivity index (χ2v) is 6.31. The molecule has 138 valence electrons. The van der Waals surface area contributed by atoms with Crippen molar-refractivity contribution in [1.29, 1.82) is 0 Å². The number of methoxy groups -OCH3 is 1. The number of aromatic nitrogens is 4. The summed E-state index contributed by atoms with van der Waals surface area (Å²) in [5.41, 5.74) is 1.63. The summed E-state index contributed by atoms with van der Waals surface area (Å²) in [6.45, 7) is 1.07. The van der Waals surface area contributed by atoms with Gasteiger partial charge < -0.3 is 14.8 Å². The van der Waals surface area contributed by atoms with Crippen LogP contribution in [0.3, 0.4) is 0 Å². The van der Waals surface area contributed by atoms with Gasteiger partial charge in [0.2, 0.25) is 0 Å². The molecule has 0 saturated heterocycles. The van der Waals surface area contributed by atoms with Gasteiger partial charge in [0.1, 0.15) is 18.5 Å². The Morgan fingerprint density at radius 3 is 3.00 bits per heavy atom. The van der Waals surface area contributed by atoms with Crippen molar-refractivity contribution < 1.29 is 14.3 Å². The van der Waals surface area contributed by atoms with Crippen LogP contribution in [-0.4, -0.2) is 45.9 Å². The van der Waals surface area contributed by atoms with Crippen molar-refractivity contribution in [1.82, 2.24) is 25.1 Å². The maximum atomic E-state index is 12.5. The van der Waals surface area contributed by atoms with Gasteiger partial charge in [-0.15, -0.1) is 10.2 Å². The number of carbonyl (C=O) groups is 1. The number of benzene rings is 1. The number of nitrogens with zero attached hydrogens (tertiary/aromatic N) is 4. The number of nitrogens with one attached hydrogen (secondary N) is 1. The Labute approximate surface area is 156 Å². The number of rotatable bonds is 5. The van der Waals surface area contributed by atoms with Crippen molar-refractivity contribution in [3.63, 3.8) is 0 Å². The van der Waals surface area contributed by atoms with Crippen LogP contribution in [0.15, 0.2) is 49.2 Å². The van der Waals surface area contributed by atoms with E-state index in [9.17, 15) is 4.79 Å². The van der Waals surface area contributed by atoms with E-state index in [0.29, 0.717) is 24.5 Å². The first-order valence-electron chi connectivity index (χ1n) is 8.62. The van der Waals surface area contributed by atoms with E-state index < -0.39 is 0 Å². The molecule has 0 bridgehead atoms. The van der Waals surface area contributed by atoms with Gasteiger partial charge in [-0.3, -0.25) is 9.36 Å². The fourth-order valence-corrected chi connectivity index (χ4v) is 3.11. The number of para-hydroxylation sites is 1. The minimum Gasteiger partial charge on any atom is -0.493 e. The normalized spacial score (nSPS) is 15.5. The lowest BCUT2D eigenvalue weighted by molar-refractivity contribution is 0.0938. The molecule has 0 saturated carbocycles. The Balaban J connectivity index is 1.39. The third-order valence-electron chi connectivity index (χ3n) is 4.49. The highest BCUT2D eigenvalue weighted by atomic mass is 16.5. The van der Waals surface area contributed by atoms with Crippen molar-refractivity contribution in [3.8, 4) is 17.3 Å². The number of hydrogen-bond donors (Lipinski definition) is 1. The maximum absolute atomic E-state index is 12.5. The monoisotopic (exact) mass is 365 g/mol. The molecular weight excluding hydrogens is 346 g/mol. The van der Waals surface area contributed by atoms with Crippen LogP contribution in [0.2, 0.25) is 0 Å². The first-order valence-corrected chi connectivity index (χ1v) is 8.62. The average molecular weight is 365 g/mol. The van der Waals surface area contributed by atoms with Crippen LogP contribution in [0, 0.1) is 5.92 Å². The fourth-order valence-electron chi connectivity index (χ4n) is 3.11. The van der Waals surface area contributed by atoms with Crippen LogP contribution in [0.5, 0.6) is 11.5 Å². The summed E-state index contributed by atoms with van der Waals surface area (Å²) in [4.78, 5) is 16.7. The summed E-state index contributed by atoms with van der Waals surface area (Å²) < 4.78 is 12.8. The van der Waals surface area contributed by atoms with Crippen molar-refractivity contribution in [2.75, 3.05) is 20.3 Å². The van der Waals surface area contributed by atoms with Crippen LogP contribution in [0.1, 0.15) is 15.9 Å². The zero-order valence-corrected chi connectivity index (χ0v) is 14.8. The minimum atomic E-state index is -0.150. The van der Waals surface area contributed by atoms with Gasteiger partial charge in [-0.2, -0.15) is 0 Å². The predicted octanol–water partition coefficient (Wildman–Crippen LogP) is 1.65. The zero-order valence-electron chi connectivity index (χ0n) is 14.8. The van der Waals surface area contributed by atoms with Crippen molar-refractivity contribution in [2.45, 2.75) is 6.42 Å². The second kappa shape index (κ2) is 7.45. The van der Waals surface area contributed by atoms with Crippen molar-refractivity contribution in [2.24, 2.45) is 5.92 Å². The van der Waals surface area contributed by atoms with E-state index in [1.54, 1.807) is 30.0 Å². The molecule has 0 fully saturated rings. The quantitative estimate of drug-likeness (QED) is 0.739. The van der Waals surface area contributed by atoms with E-state index in [1.807, 2.05) is 18.2 Å². The standard InChI is InChI=1S/C19H19N5O3/c1-26-16-4-2-3-14-7-13(10-27-18(14)16)9-21-19(25)15-5-6-20-17(8-15)24-11-22-23-12-24/h2-6,8,11-13H,7,9-10H2,1H3,(H,21,25). The molecule has 3 aromatic rings. The van der Waals surface area contributed by atoms with Gasteiger partial charge in [-0.05, 0) is 30.2 Å². The molecule has 1 aliphatic heterocycles. The molecule has 1 aliphatic rings. The molecule has 27 heavy (non-hydrogen) atoms. The molecule has 1 atom stereocenters. The minimum absolute atomic E-state index is 0.150. The molecule has 0 radical (unpaired) electrons. The van der Waals surface area contributed by atoms with Crippen molar-refractivity contribution >= 4 is 5.91 Å². The summed E-state index contributed by atoms with van der Waals surface area (Å²) in [6.07, 6.45) is 5.50. The Kier molecular flexibility index (Phi) is 4.69. The number of carbonyl (C=O) groups excluding carboxylic acids is 1. The molecule has 1 amide bonds. The average Bonchev–Trinajstić information content (AvgIpc) is 3.26. The Morgan fingerprint density at radius 2 is 2.19 bits per heavy atom. The smallest absolute Gasteiger partial charge is 0.251 e. The SMILES string of the molecule is COc1cccc2c1OCC(CNC(=O)c1ccnc(-n3cnnc3)c1)C2. The van der Waals surface area contributed by atoms with Gasteiger partial charge >= 0.3 is 0 Å². The van der Waals surface area contributed by atoms with Crippen LogP contribution in [0.4, 0.5) is 0 Å². The summed E-state index contributed by atoms with van der Waals surface area (Å²) in [5.74, 6) is 2.19. The number of amides is 1. The van der Waals surface area contributed by atoms with Gasteiger partial charge in [-0.25, -0.2) is 4.98 Å². The van der Waals surface area contributed by atoms with E-state index in [0.717, 1.165) is 23.5 Å². The van der Waals surface area contributed by atoms with E-state index in [1.165, 1.54) is 12.7 Å². The summed E-state index contributed by atoms with van der Waals surface area (Å²) in [7, 11) is 1.63. The molecule has 8 heteroatoms. The molecule has 1 aromatic carbocycles. The van der Waals surface area contributed by atoms with Crippen LogP contribution >= 0.6 is 0 Å². The van der Waals surface area contributed by atoms with Crippen LogP contribution in [-0.2, 0) is 6.42 Å². The molecule has 1 unspecified atom stereocenters. The molecule has 3 heterocycles. The van der Waals surface area contributed by atoms with Gasteiger partial charge in [0.15, 0.2) is 11.5 Å². The third-order valence-corrected chi connectivity index (χ3v) is 4.49. The van der Waals surface area contributed by atoms with E-state index >= 15 is 0 Å². The molecule has 0 aliphatic carbocycles. The summed E-state index contributed by atoms with van der Waals surface area (Å²) in [5, 5.41) is 10.5. The first kappa shape index (κ1) is 17.0. The van der Waals surface area contributed by atoms with Gasteiger partial charge in [0.25, 0.3) is 5.91 Å². The third kappa shape index (κ3) is 3.59. The number of pyridine rings is 1. The Morgan fingerprint density at radius 1 is 1.33 bits per heavy atom. The highest BCUT2D eigenvalue weighted by Crippen LogP contribution is 2.35. The summed E-state index contributed by atoms with van der Waals surface area (Å²) in [6, 6.07) is 9.25. The first-order chi connectivity index (χ1) is 13.2. The largest absolute Gasteiger partial charge is 0.493 e. The van der Waals surface area contributed by atoms with Crippen LogP contribution < -0.4 is 14.8 Å². The molecule has 2 aromatic heterocycles. The van der Waals surface area contributed by atoms with Gasteiger partial charge in [0, 0.05) is 24.2 Å². The lowest BCUT2D eigenvalue weighted by Crippen LogP contribution is -2.35. The lowest BCUT2D eigenvalue weighted by Gasteiger charge is -2.26. The predicted molar refractivity (Wildman–Crippen MR) is 97.2 cm³/mol. The lowest BCUT2D eigenvalue weighted by atomic mass is 9.96. The van der Waals surface area contributed by atoms with E-state index in [2.05, 4.69) is 20.5 Å². The number of fused-ring (bicyclic) bond motifs is 1. The van der Waals surface area contributed by atoms with E-state index in [-0.39, 0.29) is 11.8 Å². The second-order valence-electron chi connectivity index (χ2n) is 6.31. The zero-order chi connectivity index (χ0) is 18.6. The van der Waals surface area contributed by atoms with Crippen LogP contribution in [0.25, 0.3) is 5.82 Å². The maximum Gasteiger partial charge on any atom is 0.251 e. The number of ether oxygens (including phenoxy) is 2. The van der Waals surface area contributed by atoms with Gasteiger partial charge in [0.05, 0.1) is 13.7 Å². The molecule has 8 nitrogen and oxygen atoms in total. The fraction of sp³-hybridized carbons (Fsp3) is 0.263. The molecule has 1 N–H and O–H groups in total. The highest BCUT2D eigenvalue weighted by Gasteiger charge is 2.23. The van der Waals surface area contributed by atoms with Gasteiger partial charge in [-0.1, -0.05) is 12.1 Å². The Bertz CT molecular complexity index is 942. The number of hydrogen-bond acceptors (Lipinski definition) is 6. The molecular formula is C19H19N5O3. The highest BCUT2D eigenvalue weighted by molar-refractivity contribution is 5.94. The van der Waals surface area contributed by atoms with E-state index in [4.69, 9.17) is 9.47 Å². The van der Waals surface area contributed by atoms with Crippen molar-refractivity contribution in [3.05, 3.63) is 60.3 Å².